The molecule has 0 fully saturated rings. The fourth-order valence-electron chi connectivity index (χ4n) is 2.53. The standard InChI is InChI=1S/C18H33NO3/c1-2-3-4-5-6-7-8-9-12-15-18(19(21)22)16-13-10-11-14-17-20/h16-17H,2-15H2,1H3/b18-16-. The lowest BCUT2D eigenvalue weighted by Crippen LogP contribution is -1.99. The summed E-state index contributed by atoms with van der Waals surface area (Å²) in [4.78, 5) is 20.9. The molecule has 0 amide bonds. The molecule has 0 atom stereocenters. The second-order valence-electron chi connectivity index (χ2n) is 5.98. The van der Waals surface area contributed by atoms with Crippen LogP contribution in [0.3, 0.4) is 0 Å². The van der Waals surface area contributed by atoms with Crippen LogP contribution < -0.4 is 0 Å². The highest BCUT2D eigenvalue weighted by Crippen LogP contribution is 2.15. The Labute approximate surface area is 135 Å². The van der Waals surface area contributed by atoms with Gasteiger partial charge in [0.2, 0.25) is 5.70 Å². The van der Waals surface area contributed by atoms with Gasteiger partial charge >= 0.3 is 0 Å². The summed E-state index contributed by atoms with van der Waals surface area (Å²) in [5, 5.41) is 11.0. The third-order valence-electron chi connectivity index (χ3n) is 3.93. The van der Waals surface area contributed by atoms with Crippen molar-refractivity contribution in [2.24, 2.45) is 0 Å². The van der Waals surface area contributed by atoms with Crippen LogP contribution in [0.4, 0.5) is 0 Å². The number of hydrogen-bond acceptors (Lipinski definition) is 3. The molecule has 0 aliphatic heterocycles. The lowest BCUT2D eigenvalue weighted by Gasteiger charge is -2.02. The van der Waals surface area contributed by atoms with Gasteiger partial charge in [0.15, 0.2) is 0 Å². The predicted molar refractivity (Wildman–Crippen MR) is 91.5 cm³/mol. The molecule has 0 aromatic heterocycles. The number of carbonyl (C=O) groups excluding carboxylic acids is 1. The SMILES string of the molecule is CCCCCCCCCCC/C(=C/CCCCC=O)[N+](=O)[O-]. The highest BCUT2D eigenvalue weighted by atomic mass is 16.6. The van der Waals surface area contributed by atoms with Crippen molar-refractivity contribution in [2.45, 2.75) is 96.8 Å². The number of hydrogen-bond donors (Lipinski definition) is 0. The van der Waals surface area contributed by atoms with Gasteiger partial charge in [0, 0.05) is 12.8 Å². The van der Waals surface area contributed by atoms with Gasteiger partial charge in [-0.3, -0.25) is 10.1 Å². The number of carbonyl (C=O) groups is 1. The Bertz CT molecular complexity index is 313. The van der Waals surface area contributed by atoms with Gasteiger partial charge in [0.25, 0.3) is 0 Å². The van der Waals surface area contributed by atoms with Gasteiger partial charge in [-0.05, 0) is 31.8 Å². The van der Waals surface area contributed by atoms with E-state index in [-0.39, 0.29) is 4.92 Å². The van der Waals surface area contributed by atoms with Crippen LogP contribution in [0.5, 0.6) is 0 Å². The minimum atomic E-state index is -0.246. The summed E-state index contributed by atoms with van der Waals surface area (Å²) in [7, 11) is 0. The first-order chi connectivity index (χ1) is 10.7. The summed E-state index contributed by atoms with van der Waals surface area (Å²) >= 11 is 0. The number of unbranched alkanes of at least 4 members (excludes halogenated alkanes) is 11. The molecule has 0 aromatic rings. The second kappa shape index (κ2) is 16.2. The van der Waals surface area contributed by atoms with E-state index in [2.05, 4.69) is 6.92 Å². The highest BCUT2D eigenvalue weighted by Gasteiger charge is 2.09. The van der Waals surface area contributed by atoms with E-state index in [1.807, 2.05) is 0 Å². The Morgan fingerprint density at radius 2 is 1.41 bits per heavy atom. The summed E-state index contributed by atoms with van der Waals surface area (Å²) in [5.74, 6) is 0. The van der Waals surface area contributed by atoms with Gasteiger partial charge in [-0.15, -0.1) is 0 Å². The number of rotatable bonds is 16. The van der Waals surface area contributed by atoms with E-state index in [0.717, 1.165) is 32.0 Å². The van der Waals surface area contributed by atoms with Crippen molar-refractivity contribution in [1.82, 2.24) is 0 Å². The number of allylic oxidation sites excluding steroid dienone is 2. The molecule has 0 saturated carbocycles. The molecule has 0 spiro atoms. The van der Waals surface area contributed by atoms with Crippen molar-refractivity contribution in [3.05, 3.63) is 21.9 Å². The van der Waals surface area contributed by atoms with Crippen LogP contribution in [0, 0.1) is 10.1 Å². The van der Waals surface area contributed by atoms with Crippen molar-refractivity contribution in [1.29, 1.82) is 0 Å². The summed E-state index contributed by atoms with van der Waals surface area (Å²) < 4.78 is 0. The van der Waals surface area contributed by atoms with Crippen molar-refractivity contribution in [2.75, 3.05) is 0 Å². The molecule has 4 heteroatoms. The first-order valence-corrected chi connectivity index (χ1v) is 8.99. The maximum atomic E-state index is 11.0. The molecule has 0 unspecified atom stereocenters. The Balaban J connectivity index is 3.62. The van der Waals surface area contributed by atoms with Crippen LogP contribution >= 0.6 is 0 Å². The van der Waals surface area contributed by atoms with E-state index in [1.165, 1.54) is 44.9 Å². The molecule has 22 heavy (non-hydrogen) atoms. The van der Waals surface area contributed by atoms with Gasteiger partial charge in [0.05, 0.1) is 4.92 Å². The van der Waals surface area contributed by atoms with Crippen LogP contribution in [-0.2, 0) is 4.79 Å². The van der Waals surface area contributed by atoms with Crippen LogP contribution in [0.25, 0.3) is 0 Å². The Kier molecular flexibility index (Phi) is 15.3. The average molecular weight is 311 g/mol. The zero-order chi connectivity index (χ0) is 16.5. The molecular weight excluding hydrogens is 278 g/mol. The number of aldehydes is 1. The highest BCUT2D eigenvalue weighted by molar-refractivity contribution is 5.48. The summed E-state index contributed by atoms with van der Waals surface area (Å²) in [6.07, 6.45) is 17.2. The van der Waals surface area contributed by atoms with Gasteiger partial charge in [-0.25, -0.2) is 0 Å². The maximum absolute atomic E-state index is 11.0. The zero-order valence-electron chi connectivity index (χ0n) is 14.2. The fraction of sp³-hybridized carbons (Fsp3) is 0.833. The molecule has 0 rings (SSSR count). The summed E-state index contributed by atoms with van der Waals surface area (Å²) in [5.41, 5.74) is 0.356. The normalized spacial score (nSPS) is 11.6. The molecular formula is C18H33NO3. The van der Waals surface area contributed by atoms with Crippen molar-refractivity contribution in [3.8, 4) is 0 Å². The van der Waals surface area contributed by atoms with Crippen LogP contribution in [0.1, 0.15) is 96.8 Å². The molecule has 0 N–H and O–H groups in total. The van der Waals surface area contributed by atoms with Crippen molar-refractivity contribution >= 4 is 6.29 Å². The van der Waals surface area contributed by atoms with E-state index in [0.29, 0.717) is 25.0 Å². The van der Waals surface area contributed by atoms with Crippen LogP contribution in [-0.4, -0.2) is 11.2 Å². The van der Waals surface area contributed by atoms with Crippen LogP contribution in [0.2, 0.25) is 0 Å². The quantitative estimate of drug-likeness (QED) is 0.156. The largest absolute Gasteiger partial charge is 0.303 e. The van der Waals surface area contributed by atoms with Crippen molar-refractivity contribution < 1.29 is 9.72 Å². The average Bonchev–Trinajstić information content (AvgIpc) is 2.50. The molecule has 128 valence electrons. The van der Waals surface area contributed by atoms with E-state index in [1.54, 1.807) is 6.08 Å². The zero-order valence-corrected chi connectivity index (χ0v) is 14.2. The first-order valence-electron chi connectivity index (χ1n) is 8.99. The van der Waals surface area contributed by atoms with E-state index >= 15 is 0 Å². The Hall–Kier alpha value is -1.19. The lowest BCUT2D eigenvalue weighted by molar-refractivity contribution is -0.428. The first kappa shape index (κ1) is 20.8. The Morgan fingerprint density at radius 3 is 1.95 bits per heavy atom. The Morgan fingerprint density at radius 1 is 0.864 bits per heavy atom. The third-order valence-corrected chi connectivity index (χ3v) is 3.93. The van der Waals surface area contributed by atoms with E-state index in [9.17, 15) is 14.9 Å². The maximum Gasteiger partial charge on any atom is 0.242 e. The molecule has 0 aliphatic carbocycles. The molecule has 0 heterocycles. The minimum Gasteiger partial charge on any atom is -0.303 e. The summed E-state index contributed by atoms with van der Waals surface area (Å²) in [6, 6.07) is 0. The van der Waals surface area contributed by atoms with Gasteiger partial charge in [-0.2, -0.15) is 0 Å². The number of nitrogens with zero attached hydrogens (tertiary/aromatic N) is 1. The van der Waals surface area contributed by atoms with E-state index < -0.39 is 0 Å². The molecule has 0 aromatic carbocycles. The topological polar surface area (TPSA) is 60.2 Å². The van der Waals surface area contributed by atoms with Crippen molar-refractivity contribution in [3.63, 3.8) is 0 Å². The van der Waals surface area contributed by atoms with E-state index in [4.69, 9.17) is 0 Å². The van der Waals surface area contributed by atoms with Crippen LogP contribution in [0.15, 0.2) is 11.8 Å². The smallest absolute Gasteiger partial charge is 0.242 e. The molecule has 0 saturated heterocycles. The lowest BCUT2D eigenvalue weighted by atomic mass is 10.1. The molecule has 0 aliphatic rings. The van der Waals surface area contributed by atoms with Gasteiger partial charge < -0.3 is 4.79 Å². The number of nitro groups is 1. The summed E-state index contributed by atoms with van der Waals surface area (Å²) in [6.45, 7) is 2.22. The third kappa shape index (κ3) is 13.8. The van der Waals surface area contributed by atoms with Gasteiger partial charge in [0.1, 0.15) is 6.29 Å². The minimum absolute atomic E-state index is 0.246. The van der Waals surface area contributed by atoms with Gasteiger partial charge in [-0.1, -0.05) is 58.3 Å². The second-order valence-corrected chi connectivity index (χ2v) is 5.98. The fourth-order valence-corrected chi connectivity index (χ4v) is 2.53. The molecule has 4 nitrogen and oxygen atoms in total. The molecule has 0 bridgehead atoms. The monoisotopic (exact) mass is 311 g/mol. The molecule has 0 radical (unpaired) electrons. The predicted octanol–water partition coefficient (Wildman–Crippen LogP) is 5.83.